The summed E-state index contributed by atoms with van der Waals surface area (Å²) in [5, 5.41) is 11.0. The van der Waals surface area contributed by atoms with Crippen LogP contribution in [0.15, 0.2) is 30.3 Å². The first-order chi connectivity index (χ1) is 9.02. The molecular weight excluding hydrogens is 268 g/mol. The zero-order chi connectivity index (χ0) is 14.3. The van der Waals surface area contributed by atoms with Crippen LogP contribution in [-0.2, 0) is 11.3 Å². The molecule has 6 heteroatoms. The number of amides is 2. The number of alkyl halides is 1. The van der Waals surface area contributed by atoms with Crippen molar-refractivity contribution in [1.29, 1.82) is 0 Å². The Bertz CT molecular complexity index is 425. The Morgan fingerprint density at radius 1 is 1.37 bits per heavy atom. The highest BCUT2D eigenvalue weighted by Gasteiger charge is 2.17. The molecule has 0 spiro atoms. The van der Waals surface area contributed by atoms with Crippen LogP contribution >= 0.6 is 11.6 Å². The van der Waals surface area contributed by atoms with Crippen molar-refractivity contribution in [1.82, 2.24) is 10.2 Å². The van der Waals surface area contributed by atoms with Gasteiger partial charge >= 0.3 is 6.09 Å². The van der Waals surface area contributed by atoms with Crippen molar-refractivity contribution >= 4 is 23.6 Å². The molecule has 0 aliphatic heterocycles. The molecule has 0 bridgehead atoms. The molecule has 104 valence electrons. The molecule has 2 amide bonds. The molecule has 0 heterocycles. The summed E-state index contributed by atoms with van der Waals surface area (Å²) in [6.07, 6.45) is -1.11. The highest BCUT2D eigenvalue weighted by Crippen LogP contribution is 2.06. The molecule has 0 aliphatic rings. The maximum atomic E-state index is 11.8. The maximum absolute atomic E-state index is 11.8. The number of carbonyl (C=O) groups excluding carboxylic acids is 1. The first-order valence-corrected chi connectivity index (χ1v) is 6.43. The summed E-state index contributed by atoms with van der Waals surface area (Å²) < 4.78 is 0. The van der Waals surface area contributed by atoms with Crippen molar-refractivity contribution in [2.75, 3.05) is 12.4 Å². The van der Waals surface area contributed by atoms with E-state index in [0.717, 1.165) is 5.56 Å². The van der Waals surface area contributed by atoms with Gasteiger partial charge in [0, 0.05) is 19.1 Å². The van der Waals surface area contributed by atoms with E-state index >= 15 is 0 Å². The standard InChI is InChI=1S/C13H17ClN2O3/c1-10(15-13(18)19)8-16(12(17)7-14)9-11-5-3-2-4-6-11/h2-6,10,15H,7-9H2,1H3,(H,18,19)/t10-/m0/s1. The third kappa shape index (κ3) is 5.61. The Balaban J connectivity index is 2.67. The zero-order valence-electron chi connectivity index (χ0n) is 10.7. The molecule has 0 saturated heterocycles. The molecular formula is C13H17ClN2O3. The van der Waals surface area contributed by atoms with Crippen LogP contribution in [0.25, 0.3) is 0 Å². The number of nitrogens with zero attached hydrogens (tertiary/aromatic N) is 1. The number of hydrogen-bond donors (Lipinski definition) is 2. The molecule has 1 atom stereocenters. The Morgan fingerprint density at radius 2 is 2.00 bits per heavy atom. The number of halogens is 1. The van der Waals surface area contributed by atoms with E-state index < -0.39 is 6.09 Å². The normalized spacial score (nSPS) is 11.7. The van der Waals surface area contributed by atoms with Crippen molar-refractivity contribution in [3.63, 3.8) is 0 Å². The predicted molar refractivity (Wildman–Crippen MR) is 73.2 cm³/mol. The van der Waals surface area contributed by atoms with Gasteiger partial charge in [0.25, 0.3) is 0 Å². The minimum atomic E-state index is -1.11. The summed E-state index contributed by atoms with van der Waals surface area (Å²) in [6.45, 7) is 2.40. The van der Waals surface area contributed by atoms with Crippen LogP contribution in [0.5, 0.6) is 0 Å². The fraction of sp³-hybridized carbons (Fsp3) is 0.385. The molecule has 0 aliphatic carbocycles. The highest BCUT2D eigenvalue weighted by molar-refractivity contribution is 6.27. The van der Waals surface area contributed by atoms with Gasteiger partial charge in [0.1, 0.15) is 5.88 Å². The summed E-state index contributed by atoms with van der Waals surface area (Å²) in [7, 11) is 0. The van der Waals surface area contributed by atoms with E-state index in [2.05, 4.69) is 5.32 Å². The average Bonchev–Trinajstić information content (AvgIpc) is 2.37. The van der Waals surface area contributed by atoms with Gasteiger partial charge in [0.2, 0.25) is 5.91 Å². The smallest absolute Gasteiger partial charge is 0.404 e. The van der Waals surface area contributed by atoms with Crippen molar-refractivity contribution in [2.24, 2.45) is 0 Å². The lowest BCUT2D eigenvalue weighted by Crippen LogP contribution is -2.44. The fourth-order valence-corrected chi connectivity index (χ4v) is 1.90. The van der Waals surface area contributed by atoms with Crippen LogP contribution in [0.2, 0.25) is 0 Å². The van der Waals surface area contributed by atoms with Gasteiger partial charge in [0.05, 0.1) is 0 Å². The number of nitrogens with one attached hydrogen (secondary N) is 1. The van der Waals surface area contributed by atoms with E-state index in [0.29, 0.717) is 6.54 Å². The second kappa shape index (κ2) is 7.63. The van der Waals surface area contributed by atoms with Gasteiger partial charge < -0.3 is 15.3 Å². The summed E-state index contributed by atoms with van der Waals surface area (Å²) in [5.41, 5.74) is 0.975. The molecule has 0 radical (unpaired) electrons. The third-order valence-electron chi connectivity index (χ3n) is 2.55. The summed E-state index contributed by atoms with van der Waals surface area (Å²) in [6, 6.07) is 9.13. The number of benzene rings is 1. The Kier molecular flexibility index (Phi) is 6.15. The third-order valence-corrected chi connectivity index (χ3v) is 2.78. The lowest BCUT2D eigenvalue weighted by atomic mass is 10.2. The van der Waals surface area contributed by atoms with Gasteiger partial charge in [0.15, 0.2) is 0 Å². The monoisotopic (exact) mass is 284 g/mol. The Morgan fingerprint density at radius 3 is 2.53 bits per heavy atom. The van der Waals surface area contributed by atoms with Crippen LogP contribution < -0.4 is 5.32 Å². The summed E-state index contributed by atoms with van der Waals surface area (Å²) in [5.74, 6) is -0.336. The molecule has 0 saturated carbocycles. The first-order valence-electron chi connectivity index (χ1n) is 5.90. The second-order valence-electron chi connectivity index (χ2n) is 4.24. The van der Waals surface area contributed by atoms with Gasteiger partial charge in [-0.2, -0.15) is 0 Å². The topological polar surface area (TPSA) is 69.6 Å². The number of hydrogen-bond acceptors (Lipinski definition) is 2. The molecule has 0 aromatic heterocycles. The molecule has 1 rings (SSSR count). The van der Waals surface area contributed by atoms with E-state index in [4.69, 9.17) is 16.7 Å². The Hall–Kier alpha value is -1.75. The molecule has 2 N–H and O–H groups in total. The maximum Gasteiger partial charge on any atom is 0.404 e. The zero-order valence-corrected chi connectivity index (χ0v) is 11.4. The highest BCUT2D eigenvalue weighted by atomic mass is 35.5. The van der Waals surface area contributed by atoms with Crippen molar-refractivity contribution in [2.45, 2.75) is 19.5 Å². The van der Waals surface area contributed by atoms with Gasteiger partial charge in [-0.1, -0.05) is 30.3 Å². The number of rotatable bonds is 6. The number of carbonyl (C=O) groups is 2. The summed E-state index contributed by atoms with van der Waals surface area (Å²) in [4.78, 5) is 23.8. The lowest BCUT2D eigenvalue weighted by molar-refractivity contribution is -0.129. The average molecular weight is 285 g/mol. The van der Waals surface area contributed by atoms with Crippen molar-refractivity contribution in [3.05, 3.63) is 35.9 Å². The van der Waals surface area contributed by atoms with Gasteiger partial charge in [-0.05, 0) is 12.5 Å². The second-order valence-corrected chi connectivity index (χ2v) is 4.51. The van der Waals surface area contributed by atoms with E-state index in [1.54, 1.807) is 11.8 Å². The minimum Gasteiger partial charge on any atom is -0.465 e. The van der Waals surface area contributed by atoms with Gasteiger partial charge in [-0.15, -0.1) is 11.6 Å². The van der Waals surface area contributed by atoms with Crippen molar-refractivity contribution < 1.29 is 14.7 Å². The Labute approximate surface area is 117 Å². The van der Waals surface area contributed by atoms with Crippen LogP contribution in [-0.4, -0.2) is 40.5 Å². The molecule has 5 nitrogen and oxygen atoms in total. The van der Waals surface area contributed by atoms with E-state index in [1.807, 2.05) is 30.3 Å². The largest absolute Gasteiger partial charge is 0.465 e. The SMILES string of the molecule is C[C@@H](CN(Cc1ccccc1)C(=O)CCl)NC(=O)O. The van der Waals surface area contributed by atoms with E-state index in [1.165, 1.54) is 0 Å². The molecule has 1 aromatic carbocycles. The quantitative estimate of drug-likeness (QED) is 0.784. The van der Waals surface area contributed by atoms with E-state index in [-0.39, 0.29) is 24.4 Å². The van der Waals surface area contributed by atoms with Crippen LogP contribution in [0.1, 0.15) is 12.5 Å². The summed E-state index contributed by atoms with van der Waals surface area (Å²) >= 11 is 5.57. The van der Waals surface area contributed by atoms with Crippen LogP contribution in [0.3, 0.4) is 0 Å². The molecule has 1 aromatic rings. The molecule has 0 fully saturated rings. The molecule has 19 heavy (non-hydrogen) atoms. The van der Waals surface area contributed by atoms with Crippen LogP contribution in [0, 0.1) is 0 Å². The lowest BCUT2D eigenvalue weighted by Gasteiger charge is -2.25. The van der Waals surface area contributed by atoms with Crippen LogP contribution in [0.4, 0.5) is 4.79 Å². The van der Waals surface area contributed by atoms with Gasteiger partial charge in [-0.3, -0.25) is 4.79 Å². The van der Waals surface area contributed by atoms with Gasteiger partial charge in [-0.25, -0.2) is 4.79 Å². The van der Waals surface area contributed by atoms with Crippen molar-refractivity contribution in [3.8, 4) is 0 Å². The van der Waals surface area contributed by atoms with E-state index in [9.17, 15) is 9.59 Å². The fourth-order valence-electron chi connectivity index (χ4n) is 1.73. The number of carboxylic acid groups (broad SMARTS) is 1. The minimum absolute atomic E-state index is 0.118. The predicted octanol–water partition coefficient (Wildman–Crippen LogP) is 1.91. The molecule has 0 unspecified atom stereocenters. The first kappa shape index (κ1) is 15.3.